The minimum Gasteiger partial charge on any atom is -0.363 e. The predicted molar refractivity (Wildman–Crippen MR) is 86.0 cm³/mol. The highest BCUT2D eigenvalue weighted by atomic mass is 16.6. The molecule has 0 unspecified atom stereocenters. The van der Waals surface area contributed by atoms with Crippen LogP contribution in [0.2, 0.25) is 0 Å². The van der Waals surface area contributed by atoms with E-state index in [4.69, 9.17) is 0 Å². The number of hydrogen-bond acceptors (Lipinski definition) is 5. The Morgan fingerprint density at radius 2 is 1.91 bits per heavy atom. The monoisotopic (exact) mass is 294 g/mol. The van der Waals surface area contributed by atoms with Gasteiger partial charge in [-0.1, -0.05) is 6.07 Å². The van der Waals surface area contributed by atoms with E-state index in [0.29, 0.717) is 0 Å². The van der Waals surface area contributed by atoms with Gasteiger partial charge >= 0.3 is 0 Å². The Balaban J connectivity index is 2.01. The average molecular weight is 294 g/mol. The van der Waals surface area contributed by atoms with E-state index < -0.39 is 4.92 Å². The van der Waals surface area contributed by atoms with Crippen LogP contribution in [0, 0.1) is 10.1 Å². The van der Waals surface area contributed by atoms with Gasteiger partial charge in [-0.3, -0.25) is 10.1 Å². The normalized spacial score (nSPS) is 10.6. The molecule has 0 saturated carbocycles. The first kappa shape index (κ1) is 13.9. The zero-order valence-corrected chi connectivity index (χ0v) is 12.2. The molecule has 0 saturated heterocycles. The van der Waals surface area contributed by atoms with Crippen LogP contribution < -0.4 is 4.90 Å². The molecule has 0 atom stereocenters. The van der Waals surface area contributed by atoms with Gasteiger partial charge in [-0.15, -0.1) is 0 Å². The summed E-state index contributed by atoms with van der Waals surface area (Å²) in [6.07, 6.45) is 1.77. The van der Waals surface area contributed by atoms with Gasteiger partial charge in [0, 0.05) is 43.4 Å². The van der Waals surface area contributed by atoms with Crippen molar-refractivity contribution in [3.05, 3.63) is 58.8 Å². The maximum absolute atomic E-state index is 10.8. The molecule has 0 aliphatic rings. The van der Waals surface area contributed by atoms with Crippen LogP contribution in [-0.2, 0) is 0 Å². The third-order valence-electron chi connectivity index (χ3n) is 3.39. The van der Waals surface area contributed by atoms with E-state index in [1.165, 1.54) is 12.1 Å². The second-order valence-corrected chi connectivity index (χ2v) is 5.13. The molecule has 0 aliphatic carbocycles. The summed E-state index contributed by atoms with van der Waals surface area (Å²) in [5, 5.41) is 11.5. The van der Waals surface area contributed by atoms with Crippen molar-refractivity contribution >= 4 is 22.4 Å². The molecule has 0 N–H and O–H groups in total. The quantitative estimate of drug-likeness (QED) is 0.547. The van der Waals surface area contributed by atoms with Crippen molar-refractivity contribution in [3.63, 3.8) is 0 Å². The van der Waals surface area contributed by atoms with Crippen LogP contribution in [-0.4, -0.2) is 29.0 Å². The van der Waals surface area contributed by atoms with Crippen molar-refractivity contribution in [3.8, 4) is 11.3 Å². The molecule has 6 nitrogen and oxygen atoms in total. The minimum absolute atomic E-state index is 0.0686. The third-order valence-corrected chi connectivity index (χ3v) is 3.39. The lowest BCUT2D eigenvalue weighted by atomic mass is 10.1. The summed E-state index contributed by atoms with van der Waals surface area (Å²) in [5.41, 5.74) is 2.49. The Labute approximate surface area is 127 Å². The van der Waals surface area contributed by atoms with Gasteiger partial charge in [0.05, 0.1) is 16.1 Å². The molecule has 2 aromatic heterocycles. The molecule has 110 valence electrons. The van der Waals surface area contributed by atoms with Crippen molar-refractivity contribution < 1.29 is 4.92 Å². The number of fused-ring (bicyclic) bond motifs is 1. The number of rotatable bonds is 3. The summed E-state index contributed by atoms with van der Waals surface area (Å²) in [4.78, 5) is 21.2. The fourth-order valence-corrected chi connectivity index (χ4v) is 2.19. The van der Waals surface area contributed by atoms with Crippen molar-refractivity contribution in [2.24, 2.45) is 0 Å². The second-order valence-electron chi connectivity index (χ2n) is 5.13. The van der Waals surface area contributed by atoms with Gasteiger partial charge in [0.15, 0.2) is 0 Å². The first-order chi connectivity index (χ1) is 10.5. The molecule has 0 fully saturated rings. The molecule has 3 aromatic rings. The predicted octanol–water partition coefficient (Wildman–Crippen LogP) is 3.27. The summed E-state index contributed by atoms with van der Waals surface area (Å²) < 4.78 is 0. The first-order valence-corrected chi connectivity index (χ1v) is 6.73. The average Bonchev–Trinajstić information content (AvgIpc) is 2.54. The number of anilines is 1. The van der Waals surface area contributed by atoms with E-state index in [-0.39, 0.29) is 5.69 Å². The number of nitrogens with zero attached hydrogens (tertiary/aromatic N) is 4. The van der Waals surface area contributed by atoms with E-state index in [2.05, 4.69) is 9.97 Å². The number of pyridine rings is 2. The Morgan fingerprint density at radius 3 is 2.55 bits per heavy atom. The molecule has 2 heterocycles. The SMILES string of the molecule is CN(C)c1ccc(-c2ccc3cc([N+](=O)[O-])ccc3n2)cn1. The minimum atomic E-state index is -0.406. The van der Waals surface area contributed by atoms with Gasteiger partial charge in [0.1, 0.15) is 5.82 Å². The van der Waals surface area contributed by atoms with Crippen molar-refractivity contribution in [2.45, 2.75) is 0 Å². The fourth-order valence-electron chi connectivity index (χ4n) is 2.19. The van der Waals surface area contributed by atoms with E-state index in [9.17, 15) is 10.1 Å². The highest BCUT2D eigenvalue weighted by Crippen LogP contribution is 2.24. The lowest BCUT2D eigenvalue weighted by Crippen LogP contribution is -2.10. The number of nitro benzene ring substituents is 1. The second kappa shape index (κ2) is 5.40. The van der Waals surface area contributed by atoms with Crippen molar-refractivity contribution in [1.82, 2.24) is 9.97 Å². The Morgan fingerprint density at radius 1 is 1.09 bits per heavy atom. The van der Waals surface area contributed by atoms with E-state index in [1.54, 1.807) is 12.3 Å². The van der Waals surface area contributed by atoms with Crippen LogP contribution in [0.15, 0.2) is 48.7 Å². The smallest absolute Gasteiger partial charge is 0.270 e. The van der Waals surface area contributed by atoms with Crippen LogP contribution in [0.5, 0.6) is 0 Å². The number of hydrogen-bond donors (Lipinski definition) is 0. The number of benzene rings is 1. The van der Waals surface area contributed by atoms with Crippen LogP contribution in [0.4, 0.5) is 11.5 Å². The Hall–Kier alpha value is -3.02. The topological polar surface area (TPSA) is 72.2 Å². The standard InChI is InChI=1S/C16H14N4O2/c1-19(2)16-8-4-12(10-17-16)15-6-3-11-9-13(20(21)22)5-7-14(11)18-15/h3-10H,1-2H3. The van der Waals surface area contributed by atoms with Crippen molar-refractivity contribution in [2.75, 3.05) is 19.0 Å². The van der Waals surface area contributed by atoms with Crippen molar-refractivity contribution in [1.29, 1.82) is 0 Å². The maximum Gasteiger partial charge on any atom is 0.270 e. The van der Waals surface area contributed by atoms with Gasteiger partial charge in [0.25, 0.3) is 5.69 Å². The van der Waals surface area contributed by atoms with E-state index >= 15 is 0 Å². The molecule has 0 radical (unpaired) electrons. The van der Waals surface area contributed by atoms with Gasteiger partial charge < -0.3 is 4.90 Å². The zero-order chi connectivity index (χ0) is 15.7. The largest absolute Gasteiger partial charge is 0.363 e. The van der Waals surface area contributed by atoms with E-state index in [0.717, 1.165) is 28.0 Å². The van der Waals surface area contributed by atoms with Gasteiger partial charge in [0.2, 0.25) is 0 Å². The highest BCUT2D eigenvalue weighted by Gasteiger charge is 2.08. The molecule has 0 amide bonds. The van der Waals surface area contributed by atoms with Gasteiger partial charge in [-0.25, -0.2) is 9.97 Å². The Bertz CT molecular complexity index is 844. The molecule has 6 heteroatoms. The van der Waals surface area contributed by atoms with Crippen LogP contribution in [0.25, 0.3) is 22.2 Å². The summed E-state index contributed by atoms with van der Waals surface area (Å²) in [5.74, 6) is 0.875. The summed E-state index contributed by atoms with van der Waals surface area (Å²) in [6.45, 7) is 0. The summed E-state index contributed by atoms with van der Waals surface area (Å²) in [6, 6.07) is 12.2. The van der Waals surface area contributed by atoms with E-state index in [1.807, 2.05) is 43.3 Å². The Kier molecular flexibility index (Phi) is 3.42. The van der Waals surface area contributed by atoms with Crippen LogP contribution in [0.1, 0.15) is 0 Å². The molecule has 22 heavy (non-hydrogen) atoms. The molecule has 0 spiro atoms. The van der Waals surface area contributed by atoms with Crippen LogP contribution >= 0.6 is 0 Å². The number of nitro groups is 1. The fraction of sp³-hybridized carbons (Fsp3) is 0.125. The van der Waals surface area contributed by atoms with Gasteiger partial charge in [-0.2, -0.15) is 0 Å². The lowest BCUT2D eigenvalue weighted by Gasteiger charge is -2.11. The lowest BCUT2D eigenvalue weighted by molar-refractivity contribution is -0.384. The molecule has 1 aromatic carbocycles. The molecular formula is C16H14N4O2. The summed E-state index contributed by atoms with van der Waals surface area (Å²) in [7, 11) is 3.87. The first-order valence-electron chi connectivity index (χ1n) is 6.73. The summed E-state index contributed by atoms with van der Waals surface area (Å²) >= 11 is 0. The number of aromatic nitrogens is 2. The van der Waals surface area contributed by atoms with Gasteiger partial charge in [-0.05, 0) is 24.3 Å². The number of non-ortho nitro benzene ring substituents is 1. The molecule has 0 bridgehead atoms. The molecule has 0 aliphatic heterocycles. The zero-order valence-electron chi connectivity index (χ0n) is 12.2. The third kappa shape index (κ3) is 2.58. The highest BCUT2D eigenvalue weighted by molar-refractivity contribution is 5.83. The maximum atomic E-state index is 10.8. The van der Waals surface area contributed by atoms with Crippen LogP contribution in [0.3, 0.4) is 0 Å². The molecule has 3 rings (SSSR count). The molecular weight excluding hydrogens is 280 g/mol.